The van der Waals surface area contributed by atoms with Crippen LogP contribution < -0.4 is 11.1 Å². The Labute approximate surface area is 128 Å². The molecule has 122 valence electrons. The number of hydrogen-bond donors (Lipinski definition) is 2. The summed E-state index contributed by atoms with van der Waals surface area (Å²) >= 11 is 0. The highest BCUT2D eigenvalue weighted by molar-refractivity contribution is 5.81. The number of carbonyl (C=O) groups is 2. The van der Waals surface area contributed by atoms with Gasteiger partial charge >= 0.3 is 0 Å². The van der Waals surface area contributed by atoms with Crippen LogP contribution in [0.2, 0.25) is 0 Å². The fraction of sp³-hybridized carbons (Fsp3) is 0.875. The van der Waals surface area contributed by atoms with Gasteiger partial charge in [0.05, 0.1) is 5.92 Å². The number of nitrogens with one attached hydrogen (secondary N) is 1. The van der Waals surface area contributed by atoms with E-state index in [1.165, 1.54) is 0 Å². The fourth-order valence-electron chi connectivity index (χ4n) is 3.18. The molecule has 5 heteroatoms. The molecule has 2 atom stereocenters. The third kappa shape index (κ3) is 6.04. The average Bonchev–Trinajstić information content (AvgIpc) is 2.52. The molecule has 0 aromatic rings. The molecular formula is C16H31N3O2. The van der Waals surface area contributed by atoms with E-state index in [0.29, 0.717) is 25.4 Å². The largest absolute Gasteiger partial charge is 0.359 e. The normalized spacial score (nSPS) is 20.1. The van der Waals surface area contributed by atoms with Gasteiger partial charge in [-0.25, -0.2) is 0 Å². The summed E-state index contributed by atoms with van der Waals surface area (Å²) in [5.41, 5.74) is 5.64. The zero-order valence-electron chi connectivity index (χ0n) is 13.6. The van der Waals surface area contributed by atoms with E-state index < -0.39 is 0 Å². The van der Waals surface area contributed by atoms with Gasteiger partial charge in [0.2, 0.25) is 11.8 Å². The topological polar surface area (TPSA) is 75.4 Å². The molecule has 1 fully saturated rings. The summed E-state index contributed by atoms with van der Waals surface area (Å²) in [4.78, 5) is 25.9. The lowest BCUT2D eigenvalue weighted by Crippen LogP contribution is -2.44. The van der Waals surface area contributed by atoms with Gasteiger partial charge < -0.3 is 16.0 Å². The van der Waals surface area contributed by atoms with Crippen LogP contribution in [-0.4, -0.2) is 43.4 Å². The van der Waals surface area contributed by atoms with E-state index in [2.05, 4.69) is 12.2 Å². The third-order valence-corrected chi connectivity index (χ3v) is 4.43. The molecule has 0 bridgehead atoms. The predicted molar refractivity (Wildman–Crippen MR) is 84.7 cm³/mol. The van der Waals surface area contributed by atoms with Crippen molar-refractivity contribution in [1.29, 1.82) is 0 Å². The minimum Gasteiger partial charge on any atom is -0.359 e. The number of piperidine rings is 1. The second kappa shape index (κ2) is 9.77. The van der Waals surface area contributed by atoms with Crippen molar-refractivity contribution >= 4 is 11.8 Å². The first-order chi connectivity index (χ1) is 10.1. The van der Waals surface area contributed by atoms with Gasteiger partial charge in [0.25, 0.3) is 0 Å². The monoisotopic (exact) mass is 297 g/mol. The van der Waals surface area contributed by atoms with Crippen molar-refractivity contribution in [2.45, 2.75) is 51.9 Å². The Hall–Kier alpha value is -1.10. The lowest BCUT2D eigenvalue weighted by molar-refractivity contribution is -0.135. The number of nitrogens with two attached hydrogens (primary N) is 1. The minimum atomic E-state index is -0.0387. The predicted octanol–water partition coefficient (Wildman–Crippen LogP) is 1.52. The smallest absolute Gasteiger partial charge is 0.224 e. The molecule has 0 aromatic carbocycles. The van der Waals surface area contributed by atoms with E-state index in [1.54, 1.807) is 7.05 Å². The Morgan fingerprint density at radius 1 is 1.33 bits per heavy atom. The molecule has 5 nitrogen and oxygen atoms in total. The first-order valence-electron chi connectivity index (χ1n) is 8.31. The molecule has 0 aliphatic carbocycles. The van der Waals surface area contributed by atoms with Gasteiger partial charge in [-0.1, -0.05) is 19.8 Å². The van der Waals surface area contributed by atoms with Crippen molar-refractivity contribution in [3.63, 3.8) is 0 Å². The maximum absolute atomic E-state index is 12.3. The Bertz CT molecular complexity index is 327. The maximum atomic E-state index is 12.3. The number of rotatable bonds is 8. The van der Waals surface area contributed by atoms with Crippen molar-refractivity contribution in [2.75, 3.05) is 26.7 Å². The fourth-order valence-corrected chi connectivity index (χ4v) is 3.18. The average molecular weight is 297 g/mol. The lowest BCUT2D eigenvalue weighted by Gasteiger charge is -2.32. The summed E-state index contributed by atoms with van der Waals surface area (Å²) in [6, 6.07) is 0. The van der Waals surface area contributed by atoms with Crippen LogP contribution in [0.4, 0.5) is 0 Å². The van der Waals surface area contributed by atoms with Crippen molar-refractivity contribution < 1.29 is 9.59 Å². The van der Waals surface area contributed by atoms with E-state index >= 15 is 0 Å². The van der Waals surface area contributed by atoms with Crippen molar-refractivity contribution in [1.82, 2.24) is 10.2 Å². The van der Waals surface area contributed by atoms with Crippen LogP contribution in [0.3, 0.4) is 0 Å². The number of amides is 2. The summed E-state index contributed by atoms with van der Waals surface area (Å²) in [5, 5.41) is 2.69. The molecule has 2 unspecified atom stereocenters. The molecule has 0 saturated carbocycles. The van der Waals surface area contributed by atoms with Gasteiger partial charge in [-0.15, -0.1) is 0 Å². The summed E-state index contributed by atoms with van der Waals surface area (Å²) < 4.78 is 0. The molecule has 1 aliphatic heterocycles. The van der Waals surface area contributed by atoms with Crippen LogP contribution >= 0.6 is 0 Å². The maximum Gasteiger partial charge on any atom is 0.224 e. The Morgan fingerprint density at radius 2 is 2.10 bits per heavy atom. The third-order valence-electron chi connectivity index (χ3n) is 4.43. The van der Waals surface area contributed by atoms with Crippen LogP contribution in [0.25, 0.3) is 0 Å². The highest BCUT2D eigenvalue weighted by Crippen LogP contribution is 2.21. The van der Waals surface area contributed by atoms with Gasteiger partial charge in [-0.3, -0.25) is 9.59 Å². The van der Waals surface area contributed by atoms with Crippen LogP contribution in [0.15, 0.2) is 0 Å². The lowest BCUT2D eigenvalue weighted by atomic mass is 9.93. The van der Waals surface area contributed by atoms with Gasteiger partial charge in [0.15, 0.2) is 0 Å². The molecule has 1 aliphatic rings. The molecule has 0 radical (unpaired) electrons. The van der Waals surface area contributed by atoms with Crippen molar-refractivity contribution in [3.05, 3.63) is 0 Å². The highest BCUT2D eigenvalue weighted by Gasteiger charge is 2.27. The number of nitrogens with zero attached hydrogens (tertiary/aromatic N) is 1. The van der Waals surface area contributed by atoms with E-state index in [1.807, 2.05) is 4.90 Å². The molecule has 0 spiro atoms. The minimum absolute atomic E-state index is 0.0387. The highest BCUT2D eigenvalue weighted by atomic mass is 16.2. The number of likely N-dealkylation sites (tertiary alicyclic amines) is 1. The van der Waals surface area contributed by atoms with Crippen LogP contribution in [0.1, 0.15) is 51.9 Å². The molecule has 0 aromatic heterocycles. The van der Waals surface area contributed by atoms with Crippen LogP contribution in [0, 0.1) is 11.8 Å². The first kappa shape index (κ1) is 18.0. The molecule has 1 rings (SSSR count). The van der Waals surface area contributed by atoms with Gasteiger partial charge in [-0.2, -0.15) is 0 Å². The van der Waals surface area contributed by atoms with Gasteiger partial charge in [0.1, 0.15) is 0 Å². The zero-order chi connectivity index (χ0) is 15.7. The van der Waals surface area contributed by atoms with Crippen molar-refractivity contribution in [2.24, 2.45) is 17.6 Å². The van der Waals surface area contributed by atoms with Crippen molar-refractivity contribution in [3.8, 4) is 0 Å². The Balaban J connectivity index is 2.41. The molecule has 2 amide bonds. The first-order valence-corrected chi connectivity index (χ1v) is 8.31. The van der Waals surface area contributed by atoms with Gasteiger partial charge in [0, 0.05) is 26.6 Å². The van der Waals surface area contributed by atoms with Crippen LogP contribution in [0.5, 0.6) is 0 Å². The SMILES string of the molecule is CCCC(CCN)CCC(=O)N1CCCC(C(=O)NC)C1. The van der Waals surface area contributed by atoms with E-state index in [-0.39, 0.29) is 17.7 Å². The number of hydrogen-bond acceptors (Lipinski definition) is 3. The quantitative estimate of drug-likeness (QED) is 0.713. The van der Waals surface area contributed by atoms with E-state index in [4.69, 9.17) is 5.73 Å². The summed E-state index contributed by atoms with van der Waals surface area (Å²) in [6.45, 7) is 4.24. The van der Waals surface area contributed by atoms with Gasteiger partial charge in [-0.05, 0) is 38.1 Å². The standard InChI is InChI=1S/C16H31N3O2/c1-3-5-13(9-10-17)7-8-15(20)19-11-4-6-14(12-19)16(21)18-2/h13-14H,3-12,17H2,1-2H3,(H,18,21). The van der Waals surface area contributed by atoms with Crippen LogP contribution in [-0.2, 0) is 9.59 Å². The number of carbonyl (C=O) groups excluding carboxylic acids is 2. The molecule has 3 N–H and O–H groups in total. The summed E-state index contributed by atoms with van der Waals surface area (Å²) in [5.74, 6) is 0.771. The summed E-state index contributed by atoms with van der Waals surface area (Å²) in [7, 11) is 1.66. The Kier molecular flexibility index (Phi) is 8.35. The zero-order valence-corrected chi connectivity index (χ0v) is 13.6. The molecule has 1 saturated heterocycles. The van der Waals surface area contributed by atoms with E-state index in [9.17, 15) is 9.59 Å². The molecule has 1 heterocycles. The Morgan fingerprint density at radius 3 is 2.71 bits per heavy atom. The molecular weight excluding hydrogens is 266 g/mol. The van der Waals surface area contributed by atoms with E-state index in [0.717, 1.165) is 45.1 Å². The second-order valence-corrected chi connectivity index (χ2v) is 6.06. The molecule has 21 heavy (non-hydrogen) atoms. The second-order valence-electron chi connectivity index (χ2n) is 6.06. The summed E-state index contributed by atoms with van der Waals surface area (Å²) in [6.07, 6.45) is 6.60.